The second-order valence-corrected chi connectivity index (χ2v) is 9.55. The van der Waals surface area contributed by atoms with Crippen molar-refractivity contribution in [1.82, 2.24) is 14.5 Å². The Balaban J connectivity index is 1.46. The maximum atomic E-state index is 13.0. The van der Waals surface area contributed by atoms with Crippen LogP contribution in [0.4, 0.5) is 10.5 Å². The first kappa shape index (κ1) is 18.9. The van der Waals surface area contributed by atoms with Gasteiger partial charge in [-0.25, -0.2) is 13.2 Å². The molecule has 3 heterocycles. The van der Waals surface area contributed by atoms with Gasteiger partial charge < -0.3 is 10.6 Å². The van der Waals surface area contributed by atoms with E-state index in [1.807, 2.05) is 11.4 Å². The lowest BCUT2D eigenvalue weighted by molar-refractivity contribution is -0.125. The highest BCUT2D eigenvalue weighted by Crippen LogP contribution is 2.28. The topological polar surface area (TPSA) is 98.8 Å². The van der Waals surface area contributed by atoms with Crippen LogP contribution in [-0.2, 0) is 27.8 Å². The minimum absolute atomic E-state index is 0.0844. The number of carbonyl (C=O) groups is 2. The van der Waals surface area contributed by atoms with Crippen molar-refractivity contribution in [2.24, 2.45) is 0 Å². The molecule has 10 heteroatoms. The van der Waals surface area contributed by atoms with Gasteiger partial charge in [-0.2, -0.15) is 4.31 Å². The summed E-state index contributed by atoms with van der Waals surface area (Å²) in [5, 5.41) is 7.48. The summed E-state index contributed by atoms with van der Waals surface area (Å²) in [7, 11) is -3.63. The van der Waals surface area contributed by atoms with Gasteiger partial charge in [0.05, 0.1) is 11.4 Å². The van der Waals surface area contributed by atoms with Gasteiger partial charge in [-0.3, -0.25) is 9.69 Å². The highest BCUT2D eigenvalue weighted by Gasteiger charge is 2.29. The first-order valence-electron chi connectivity index (χ1n) is 8.93. The molecular weight excluding hydrogens is 400 g/mol. The van der Waals surface area contributed by atoms with Crippen LogP contribution in [0.25, 0.3) is 0 Å². The molecule has 1 saturated heterocycles. The van der Waals surface area contributed by atoms with Crippen molar-refractivity contribution >= 4 is 39.0 Å². The summed E-state index contributed by atoms with van der Waals surface area (Å²) in [6.07, 6.45) is 0.719. The maximum absolute atomic E-state index is 13.0. The van der Waals surface area contributed by atoms with E-state index < -0.39 is 16.1 Å². The molecule has 2 aliphatic rings. The molecule has 0 radical (unpaired) electrons. The average Bonchev–Trinajstić information content (AvgIpc) is 3.34. The molecular formula is C18H20N4O4S2. The molecule has 0 atom stereocenters. The minimum Gasteiger partial charge on any atom is -0.376 e. The Morgan fingerprint density at radius 3 is 2.89 bits per heavy atom. The van der Waals surface area contributed by atoms with Gasteiger partial charge in [0.15, 0.2) is 0 Å². The summed E-state index contributed by atoms with van der Waals surface area (Å²) in [6.45, 7) is 1.53. The molecule has 0 bridgehead atoms. The third-order valence-electron chi connectivity index (χ3n) is 4.85. The van der Waals surface area contributed by atoms with E-state index in [0.29, 0.717) is 31.9 Å². The van der Waals surface area contributed by atoms with Gasteiger partial charge in [0.2, 0.25) is 15.9 Å². The van der Waals surface area contributed by atoms with Crippen molar-refractivity contribution in [2.75, 3.05) is 31.5 Å². The number of benzene rings is 1. The van der Waals surface area contributed by atoms with Crippen molar-refractivity contribution in [2.45, 2.75) is 17.9 Å². The highest BCUT2D eigenvalue weighted by molar-refractivity contribution is 7.89. The molecule has 148 valence electrons. The summed E-state index contributed by atoms with van der Waals surface area (Å²) in [6, 6.07) is 7.99. The number of rotatable bonds is 5. The summed E-state index contributed by atoms with van der Waals surface area (Å²) < 4.78 is 27.6. The number of sulfonamides is 1. The molecule has 0 unspecified atom stereocenters. The van der Waals surface area contributed by atoms with Crippen LogP contribution in [0.5, 0.6) is 0 Å². The predicted octanol–water partition coefficient (Wildman–Crippen LogP) is 1.46. The third kappa shape index (κ3) is 3.62. The summed E-state index contributed by atoms with van der Waals surface area (Å²) in [4.78, 5) is 26.2. The van der Waals surface area contributed by atoms with Crippen LogP contribution in [0.3, 0.4) is 0 Å². The van der Waals surface area contributed by atoms with Gasteiger partial charge in [-0.1, -0.05) is 6.07 Å². The minimum atomic E-state index is -3.63. The summed E-state index contributed by atoms with van der Waals surface area (Å²) in [5.41, 5.74) is 1.57. The summed E-state index contributed by atoms with van der Waals surface area (Å²) >= 11 is 1.66. The first-order valence-corrected chi connectivity index (χ1v) is 11.2. The van der Waals surface area contributed by atoms with Crippen molar-refractivity contribution in [3.8, 4) is 0 Å². The molecule has 2 N–H and O–H groups in total. The molecule has 3 amide bonds. The Hall–Kier alpha value is -2.43. The van der Waals surface area contributed by atoms with Gasteiger partial charge in [-0.15, -0.1) is 11.3 Å². The lowest BCUT2D eigenvalue weighted by Gasteiger charge is -2.26. The lowest BCUT2D eigenvalue weighted by atomic mass is 10.1. The van der Waals surface area contributed by atoms with Crippen molar-refractivity contribution in [1.29, 1.82) is 0 Å². The van der Waals surface area contributed by atoms with E-state index in [2.05, 4.69) is 10.6 Å². The fourth-order valence-electron chi connectivity index (χ4n) is 3.33. The number of nitrogens with one attached hydrogen (secondary N) is 2. The third-order valence-corrected chi connectivity index (χ3v) is 7.71. The number of hydrogen-bond acceptors (Lipinski definition) is 6. The number of amides is 3. The number of anilines is 1. The van der Waals surface area contributed by atoms with Crippen molar-refractivity contribution < 1.29 is 18.0 Å². The van der Waals surface area contributed by atoms with Crippen LogP contribution in [-0.4, -0.2) is 55.7 Å². The van der Waals surface area contributed by atoms with E-state index in [0.717, 1.165) is 16.9 Å². The van der Waals surface area contributed by atoms with Crippen LogP contribution < -0.4 is 10.6 Å². The Morgan fingerprint density at radius 2 is 2.11 bits per heavy atom. The van der Waals surface area contributed by atoms with Crippen molar-refractivity contribution in [3.05, 3.63) is 46.2 Å². The van der Waals surface area contributed by atoms with Gasteiger partial charge in [0.1, 0.15) is 0 Å². The maximum Gasteiger partial charge on any atom is 0.324 e. The van der Waals surface area contributed by atoms with E-state index in [1.54, 1.807) is 29.5 Å². The van der Waals surface area contributed by atoms with E-state index in [4.69, 9.17) is 0 Å². The van der Waals surface area contributed by atoms with Crippen LogP contribution >= 0.6 is 11.3 Å². The molecule has 0 spiro atoms. The fourth-order valence-corrected chi connectivity index (χ4v) is 5.68. The average molecular weight is 421 g/mol. The molecule has 0 saturated carbocycles. The number of urea groups is 1. The number of hydrogen-bond donors (Lipinski definition) is 2. The molecule has 28 heavy (non-hydrogen) atoms. The van der Waals surface area contributed by atoms with E-state index in [-0.39, 0.29) is 17.3 Å². The molecule has 8 nitrogen and oxygen atoms in total. The van der Waals surface area contributed by atoms with Crippen LogP contribution in [0.2, 0.25) is 0 Å². The number of fused-ring (bicyclic) bond motifs is 1. The Bertz CT molecular complexity index is 1020. The number of nitrogens with zero attached hydrogens (tertiary/aromatic N) is 2. The highest BCUT2D eigenvalue weighted by atomic mass is 32.2. The largest absolute Gasteiger partial charge is 0.376 e. The number of imide groups is 1. The molecule has 4 rings (SSSR count). The van der Waals surface area contributed by atoms with Crippen molar-refractivity contribution in [3.63, 3.8) is 0 Å². The zero-order valence-corrected chi connectivity index (χ0v) is 16.7. The van der Waals surface area contributed by atoms with E-state index >= 15 is 0 Å². The quantitative estimate of drug-likeness (QED) is 0.763. The lowest BCUT2D eigenvalue weighted by Crippen LogP contribution is -2.38. The summed E-state index contributed by atoms with van der Waals surface area (Å²) in [5.74, 6) is -0.357. The molecule has 2 aliphatic heterocycles. The molecule has 2 aromatic rings. The standard InChI is InChI=1S/C18H20N4O4S2/c23-17(22-8-6-19-18(22)24)11-20-14-2-1-3-15(10-14)28(25,26)21-7-4-16-13(12-21)5-9-27-16/h1-3,5,9-10,20H,4,6-8,11-12H2,(H,19,24). The number of thiophene rings is 1. The molecule has 0 aliphatic carbocycles. The van der Waals surface area contributed by atoms with Crippen LogP contribution in [0, 0.1) is 0 Å². The predicted molar refractivity (Wildman–Crippen MR) is 106 cm³/mol. The monoisotopic (exact) mass is 420 g/mol. The Kier molecular flexibility index (Phi) is 5.09. The second-order valence-electron chi connectivity index (χ2n) is 6.62. The Labute approximate surface area is 167 Å². The number of carbonyl (C=O) groups excluding carboxylic acids is 2. The van der Waals surface area contributed by atoms with Gasteiger partial charge in [0, 0.05) is 36.7 Å². The zero-order chi connectivity index (χ0) is 19.7. The van der Waals surface area contributed by atoms with E-state index in [1.165, 1.54) is 15.2 Å². The van der Waals surface area contributed by atoms with Gasteiger partial charge in [-0.05, 0) is 41.6 Å². The van der Waals surface area contributed by atoms with Crippen LogP contribution in [0.15, 0.2) is 40.6 Å². The second kappa shape index (κ2) is 7.53. The zero-order valence-electron chi connectivity index (χ0n) is 15.1. The smallest absolute Gasteiger partial charge is 0.324 e. The molecule has 1 aromatic heterocycles. The normalized spacial score (nSPS) is 17.3. The first-order chi connectivity index (χ1) is 13.4. The van der Waals surface area contributed by atoms with E-state index in [9.17, 15) is 18.0 Å². The fraction of sp³-hybridized carbons (Fsp3) is 0.333. The van der Waals surface area contributed by atoms with Crippen LogP contribution in [0.1, 0.15) is 10.4 Å². The Morgan fingerprint density at radius 1 is 1.25 bits per heavy atom. The molecule has 1 fully saturated rings. The van der Waals surface area contributed by atoms with Gasteiger partial charge >= 0.3 is 6.03 Å². The SMILES string of the molecule is O=C(CNc1cccc(S(=O)(=O)N2CCc3sccc3C2)c1)N1CCNC1=O. The molecule has 1 aromatic carbocycles. The van der Waals surface area contributed by atoms with Gasteiger partial charge in [0.25, 0.3) is 0 Å².